The summed E-state index contributed by atoms with van der Waals surface area (Å²) in [6.45, 7) is 1.69. The lowest BCUT2D eigenvalue weighted by atomic mass is 10.2. The Hall–Kier alpha value is -2.80. The first-order chi connectivity index (χ1) is 11.9. The molecule has 0 saturated carbocycles. The number of nitrogens with zero attached hydrogens (tertiary/aromatic N) is 1. The van der Waals surface area contributed by atoms with E-state index in [4.69, 9.17) is 21.1 Å². The van der Waals surface area contributed by atoms with Gasteiger partial charge in [0.25, 0.3) is 11.5 Å². The third-order valence-electron chi connectivity index (χ3n) is 3.26. The summed E-state index contributed by atoms with van der Waals surface area (Å²) < 4.78 is 11.4. The molecule has 1 aromatic carbocycles. The van der Waals surface area contributed by atoms with E-state index in [1.165, 1.54) is 36.9 Å². The Balaban J connectivity index is 2.02. The number of nitrogens with one attached hydrogen (secondary N) is 1. The van der Waals surface area contributed by atoms with Gasteiger partial charge in [0.1, 0.15) is 11.5 Å². The van der Waals surface area contributed by atoms with Gasteiger partial charge < -0.3 is 19.4 Å². The normalized spacial score (nSPS) is 10.2. The van der Waals surface area contributed by atoms with Gasteiger partial charge in [-0.2, -0.15) is 0 Å². The number of aromatic nitrogens is 1. The van der Waals surface area contributed by atoms with Gasteiger partial charge in [-0.15, -0.1) is 0 Å². The lowest BCUT2D eigenvalue weighted by Crippen LogP contribution is -2.30. The summed E-state index contributed by atoms with van der Waals surface area (Å²) >= 11 is 5.87. The van der Waals surface area contributed by atoms with Crippen molar-refractivity contribution < 1.29 is 19.1 Å². The number of methoxy groups -OCH3 is 1. The zero-order valence-electron chi connectivity index (χ0n) is 13.7. The Morgan fingerprint density at radius 1 is 1.24 bits per heavy atom. The van der Waals surface area contributed by atoms with E-state index in [0.29, 0.717) is 16.3 Å². The van der Waals surface area contributed by atoms with Crippen LogP contribution in [0, 0.1) is 0 Å². The number of pyridine rings is 1. The van der Waals surface area contributed by atoms with Crippen molar-refractivity contribution in [1.82, 2.24) is 9.88 Å². The highest BCUT2D eigenvalue weighted by Crippen LogP contribution is 2.22. The summed E-state index contributed by atoms with van der Waals surface area (Å²) in [7, 11) is 1.45. The number of carbonyl (C=O) groups excluding carboxylic acids is 2. The first-order valence-electron chi connectivity index (χ1n) is 7.41. The van der Waals surface area contributed by atoms with Gasteiger partial charge in [-0.1, -0.05) is 11.6 Å². The third-order valence-corrected chi connectivity index (χ3v) is 3.50. The topological polar surface area (TPSA) is 86.6 Å². The highest BCUT2D eigenvalue weighted by atomic mass is 35.5. The first-order valence-corrected chi connectivity index (χ1v) is 7.79. The summed E-state index contributed by atoms with van der Waals surface area (Å²) in [6, 6.07) is 7.40. The number of amides is 1. The van der Waals surface area contributed by atoms with Crippen LogP contribution in [-0.4, -0.2) is 30.1 Å². The van der Waals surface area contributed by atoms with E-state index in [9.17, 15) is 14.4 Å². The van der Waals surface area contributed by atoms with E-state index in [1.54, 1.807) is 18.2 Å². The van der Waals surface area contributed by atoms with Gasteiger partial charge >= 0.3 is 5.97 Å². The molecule has 0 radical (unpaired) electrons. The highest BCUT2D eigenvalue weighted by Gasteiger charge is 2.12. The summed E-state index contributed by atoms with van der Waals surface area (Å²) in [5, 5.41) is 3.16. The van der Waals surface area contributed by atoms with Crippen LogP contribution in [0.1, 0.15) is 17.3 Å². The number of benzene rings is 1. The molecular formula is C17H17ClN2O5. The number of hydrogen-bond donors (Lipinski definition) is 1. The smallest absolute Gasteiger partial charge is 0.308 e. The molecule has 132 valence electrons. The van der Waals surface area contributed by atoms with E-state index in [1.807, 2.05) is 0 Å². The van der Waals surface area contributed by atoms with Crippen molar-refractivity contribution in [2.75, 3.05) is 13.7 Å². The number of rotatable bonds is 6. The minimum Gasteiger partial charge on any atom is -0.496 e. The van der Waals surface area contributed by atoms with Gasteiger partial charge in [0, 0.05) is 31.1 Å². The van der Waals surface area contributed by atoms with E-state index in [0.717, 1.165) is 0 Å². The standard InChI is InChI=1S/C17H17ClN2O5/c1-11(21)25-13-4-6-16(22)20(10-13)8-7-19-17(23)14-5-3-12(18)9-15(14)24-2/h3-6,9-10H,7-8H2,1-2H3,(H,19,23). The van der Waals surface area contributed by atoms with Crippen molar-refractivity contribution in [2.45, 2.75) is 13.5 Å². The van der Waals surface area contributed by atoms with Crippen molar-refractivity contribution in [3.63, 3.8) is 0 Å². The number of hydrogen-bond acceptors (Lipinski definition) is 5. The molecule has 0 aliphatic rings. The van der Waals surface area contributed by atoms with Crippen LogP contribution in [0.15, 0.2) is 41.3 Å². The van der Waals surface area contributed by atoms with Crippen molar-refractivity contribution >= 4 is 23.5 Å². The largest absolute Gasteiger partial charge is 0.496 e. The SMILES string of the molecule is COc1cc(Cl)ccc1C(=O)NCCn1cc(OC(C)=O)ccc1=O. The zero-order chi connectivity index (χ0) is 18.4. The Morgan fingerprint density at radius 3 is 2.68 bits per heavy atom. The summed E-state index contributed by atoms with van der Waals surface area (Å²) in [6.07, 6.45) is 1.42. The van der Waals surface area contributed by atoms with Crippen molar-refractivity contribution in [3.8, 4) is 11.5 Å². The monoisotopic (exact) mass is 364 g/mol. The van der Waals surface area contributed by atoms with Crippen molar-refractivity contribution in [3.05, 3.63) is 57.5 Å². The van der Waals surface area contributed by atoms with E-state index in [-0.39, 0.29) is 30.3 Å². The maximum absolute atomic E-state index is 12.2. The van der Waals surface area contributed by atoms with Gasteiger partial charge in [-0.05, 0) is 24.3 Å². The summed E-state index contributed by atoms with van der Waals surface area (Å²) in [5.41, 5.74) is 0.0714. The third kappa shape index (κ3) is 5.09. The quantitative estimate of drug-likeness (QED) is 0.791. The molecule has 2 rings (SSSR count). The fourth-order valence-corrected chi connectivity index (χ4v) is 2.31. The van der Waals surface area contributed by atoms with E-state index < -0.39 is 5.97 Å². The molecule has 25 heavy (non-hydrogen) atoms. The molecule has 0 fully saturated rings. The van der Waals surface area contributed by atoms with Gasteiger partial charge in [0.15, 0.2) is 0 Å². The van der Waals surface area contributed by atoms with Crippen LogP contribution in [0.4, 0.5) is 0 Å². The molecule has 0 saturated heterocycles. The Kier molecular flexibility index (Phi) is 6.19. The minimum absolute atomic E-state index is 0.202. The molecule has 1 aromatic heterocycles. The van der Waals surface area contributed by atoms with E-state index in [2.05, 4.69) is 5.32 Å². The molecule has 7 nitrogen and oxygen atoms in total. The van der Waals surface area contributed by atoms with Gasteiger partial charge in [0.2, 0.25) is 0 Å². The average Bonchev–Trinajstić information content (AvgIpc) is 2.56. The molecule has 0 atom stereocenters. The number of halogens is 1. The molecule has 0 spiro atoms. The lowest BCUT2D eigenvalue weighted by molar-refractivity contribution is -0.131. The van der Waals surface area contributed by atoms with Crippen LogP contribution in [0.5, 0.6) is 11.5 Å². The van der Waals surface area contributed by atoms with Crippen LogP contribution in [-0.2, 0) is 11.3 Å². The molecule has 0 aliphatic heterocycles. The molecule has 8 heteroatoms. The lowest BCUT2D eigenvalue weighted by Gasteiger charge is -2.11. The molecule has 0 aliphatic carbocycles. The Bertz CT molecular complexity index is 847. The molecule has 1 amide bonds. The maximum Gasteiger partial charge on any atom is 0.308 e. The van der Waals surface area contributed by atoms with Gasteiger partial charge in [-0.25, -0.2) is 0 Å². The summed E-state index contributed by atoms with van der Waals surface area (Å²) in [4.78, 5) is 35.0. The number of esters is 1. The van der Waals surface area contributed by atoms with E-state index >= 15 is 0 Å². The second kappa shape index (κ2) is 8.34. The first kappa shape index (κ1) is 18.5. The molecule has 2 aromatic rings. The predicted octanol–water partition coefficient (Wildman–Crippen LogP) is 1.87. The van der Waals surface area contributed by atoms with Crippen LogP contribution in [0.3, 0.4) is 0 Å². The fraction of sp³-hybridized carbons (Fsp3) is 0.235. The van der Waals surface area contributed by atoms with Crippen molar-refractivity contribution in [2.24, 2.45) is 0 Å². The van der Waals surface area contributed by atoms with Gasteiger partial charge in [0.05, 0.1) is 18.9 Å². The number of ether oxygens (including phenoxy) is 2. The molecule has 0 bridgehead atoms. The second-order valence-corrected chi connectivity index (χ2v) is 5.53. The van der Waals surface area contributed by atoms with Crippen LogP contribution >= 0.6 is 11.6 Å². The maximum atomic E-state index is 12.2. The van der Waals surface area contributed by atoms with Crippen molar-refractivity contribution in [1.29, 1.82) is 0 Å². The average molecular weight is 365 g/mol. The molecular weight excluding hydrogens is 348 g/mol. The minimum atomic E-state index is -0.478. The Morgan fingerprint density at radius 2 is 2.00 bits per heavy atom. The van der Waals surface area contributed by atoms with Crippen LogP contribution < -0.4 is 20.3 Å². The summed E-state index contributed by atoms with van der Waals surface area (Å²) in [5.74, 6) is -0.206. The predicted molar refractivity (Wildman–Crippen MR) is 92.3 cm³/mol. The number of carbonyl (C=O) groups is 2. The fourth-order valence-electron chi connectivity index (χ4n) is 2.15. The molecule has 1 heterocycles. The zero-order valence-corrected chi connectivity index (χ0v) is 14.5. The molecule has 0 unspecified atom stereocenters. The second-order valence-electron chi connectivity index (χ2n) is 5.09. The van der Waals surface area contributed by atoms with Crippen LogP contribution in [0.25, 0.3) is 0 Å². The van der Waals surface area contributed by atoms with Gasteiger partial charge in [-0.3, -0.25) is 14.4 Å². The Labute approximate surface area is 149 Å². The highest BCUT2D eigenvalue weighted by molar-refractivity contribution is 6.30. The van der Waals surface area contributed by atoms with Crippen LogP contribution in [0.2, 0.25) is 5.02 Å². The molecule has 1 N–H and O–H groups in total.